The molecule has 0 radical (unpaired) electrons. The molecule has 192 valence electrons. The first-order valence-electron chi connectivity index (χ1n) is 12.5. The largest absolute Gasteiger partial charge is 0.494 e. The van der Waals surface area contributed by atoms with E-state index in [4.69, 9.17) is 21.3 Å². The maximum Gasteiger partial charge on any atom is 0.322 e. The van der Waals surface area contributed by atoms with Crippen LogP contribution in [0.1, 0.15) is 38.2 Å². The molecule has 1 unspecified atom stereocenters. The van der Waals surface area contributed by atoms with E-state index in [-0.39, 0.29) is 11.6 Å². The molecule has 4 rings (SSSR count). The molecule has 2 amide bonds. The Balaban J connectivity index is 1.69. The Morgan fingerprint density at radius 2 is 1.81 bits per heavy atom. The lowest BCUT2D eigenvalue weighted by Gasteiger charge is -2.30. The lowest BCUT2D eigenvalue weighted by atomic mass is 10.1. The molecule has 0 aliphatic carbocycles. The molecule has 1 heterocycles. The highest BCUT2D eigenvalue weighted by atomic mass is 35.5. The second kappa shape index (κ2) is 11.9. The summed E-state index contributed by atoms with van der Waals surface area (Å²) in [5, 5.41) is 3.99. The number of hydrogen-bond acceptors (Lipinski definition) is 4. The number of carbonyl (C=O) groups excluding carboxylic acids is 1. The topological polar surface area (TPSA) is 76.5 Å². The molecule has 0 bridgehead atoms. The molecule has 3 aromatic carbocycles. The molecule has 1 N–H and O–H groups in total. The molecular weight excluding hydrogens is 488 g/mol. The van der Waals surface area contributed by atoms with E-state index in [1.54, 1.807) is 39.8 Å². The molecule has 0 saturated carbocycles. The minimum atomic E-state index is -0.484. The number of nitrogens with one attached hydrogen (secondary N) is 1. The zero-order valence-corrected chi connectivity index (χ0v) is 22.0. The molecule has 0 aliphatic rings. The van der Waals surface area contributed by atoms with Crippen LogP contribution in [0.2, 0.25) is 5.02 Å². The number of urea groups is 1. The molecule has 0 spiro atoms. The molecule has 7 nitrogen and oxygen atoms in total. The van der Waals surface area contributed by atoms with Crippen molar-refractivity contribution in [1.82, 2.24) is 14.5 Å². The van der Waals surface area contributed by atoms with E-state index < -0.39 is 6.04 Å². The van der Waals surface area contributed by atoms with Gasteiger partial charge in [-0.05, 0) is 75.2 Å². The van der Waals surface area contributed by atoms with Gasteiger partial charge in [0, 0.05) is 23.8 Å². The van der Waals surface area contributed by atoms with Gasteiger partial charge in [0.15, 0.2) is 0 Å². The van der Waals surface area contributed by atoms with Gasteiger partial charge in [-0.1, -0.05) is 41.9 Å². The van der Waals surface area contributed by atoms with Crippen molar-refractivity contribution in [3.63, 3.8) is 0 Å². The fourth-order valence-electron chi connectivity index (χ4n) is 4.34. The van der Waals surface area contributed by atoms with Gasteiger partial charge in [-0.3, -0.25) is 9.36 Å². The maximum absolute atomic E-state index is 13.6. The third kappa shape index (κ3) is 6.12. The zero-order valence-electron chi connectivity index (χ0n) is 21.3. The minimum Gasteiger partial charge on any atom is -0.494 e. The van der Waals surface area contributed by atoms with Crippen molar-refractivity contribution in [2.24, 2.45) is 0 Å². The van der Waals surface area contributed by atoms with Gasteiger partial charge in [0.25, 0.3) is 5.56 Å². The van der Waals surface area contributed by atoms with Crippen LogP contribution in [0, 0.1) is 0 Å². The number of aromatic nitrogens is 2. The molecule has 1 atom stereocenters. The van der Waals surface area contributed by atoms with Crippen LogP contribution in [0.25, 0.3) is 10.9 Å². The first-order valence-corrected chi connectivity index (χ1v) is 12.8. The van der Waals surface area contributed by atoms with Crippen LogP contribution in [0.15, 0.2) is 77.6 Å². The highest BCUT2D eigenvalue weighted by Gasteiger charge is 2.26. The van der Waals surface area contributed by atoms with Crippen molar-refractivity contribution in [2.75, 3.05) is 18.5 Å². The molecule has 8 heteroatoms. The smallest absolute Gasteiger partial charge is 0.322 e. The Labute approximate surface area is 221 Å². The van der Waals surface area contributed by atoms with E-state index in [2.05, 4.69) is 5.32 Å². The fourth-order valence-corrected chi connectivity index (χ4v) is 4.50. The summed E-state index contributed by atoms with van der Waals surface area (Å²) < 4.78 is 7.13. The number of fused-ring (bicyclic) bond motifs is 1. The number of anilines is 1. The van der Waals surface area contributed by atoms with Crippen molar-refractivity contribution in [1.29, 1.82) is 0 Å². The van der Waals surface area contributed by atoms with Gasteiger partial charge in [-0.2, -0.15) is 0 Å². The first kappa shape index (κ1) is 26.2. The summed E-state index contributed by atoms with van der Waals surface area (Å²) >= 11 is 6.20. The van der Waals surface area contributed by atoms with Crippen LogP contribution in [-0.2, 0) is 13.0 Å². The van der Waals surface area contributed by atoms with Gasteiger partial charge in [0.1, 0.15) is 11.6 Å². The van der Waals surface area contributed by atoms with E-state index in [0.29, 0.717) is 53.6 Å². The molecule has 0 saturated heterocycles. The number of hydrogen-bond donors (Lipinski definition) is 1. The SMILES string of the molecule is CCOc1ccc(NC(=O)N(CCc2ccccc2)C(C)c2nc3cc(Cl)ccc3c(=O)n2CC)cc1. The van der Waals surface area contributed by atoms with Crippen molar-refractivity contribution < 1.29 is 9.53 Å². The summed E-state index contributed by atoms with van der Waals surface area (Å²) in [6, 6.07) is 21.5. The highest BCUT2D eigenvalue weighted by Crippen LogP contribution is 2.24. The molecule has 1 aromatic heterocycles. The Hall–Kier alpha value is -3.84. The summed E-state index contributed by atoms with van der Waals surface area (Å²) in [5.41, 5.74) is 2.12. The normalized spacial score (nSPS) is 11.8. The van der Waals surface area contributed by atoms with Gasteiger partial charge in [-0.15, -0.1) is 0 Å². The number of nitrogens with zero attached hydrogens (tertiary/aromatic N) is 3. The lowest BCUT2D eigenvalue weighted by molar-refractivity contribution is 0.189. The van der Waals surface area contributed by atoms with Crippen LogP contribution < -0.4 is 15.6 Å². The molecule has 0 aliphatic heterocycles. The van der Waals surface area contributed by atoms with Crippen LogP contribution in [0.3, 0.4) is 0 Å². The van der Waals surface area contributed by atoms with E-state index in [1.807, 2.05) is 63.2 Å². The molecule has 0 fully saturated rings. The van der Waals surface area contributed by atoms with E-state index in [9.17, 15) is 9.59 Å². The van der Waals surface area contributed by atoms with Crippen molar-refractivity contribution >= 4 is 34.2 Å². The average Bonchev–Trinajstić information content (AvgIpc) is 2.90. The number of amides is 2. The number of ether oxygens (including phenoxy) is 1. The minimum absolute atomic E-state index is 0.152. The number of halogens is 1. The predicted octanol–water partition coefficient (Wildman–Crippen LogP) is 6.31. The summed E-state index contributed by atoms with van der Waals surface area (Å²) in [7, 11) is 0. The Bertz CT molecular complexity index is 1420. The van der Waals surface area contributed by atoms with Crippen molar-refractivity contribution in [3.8, 4) is 5.75 Å². The Kier molecular flexibility index (Phi) is 8.46. The van der Waals surface area contributed by atoms with Gasteiger partial charge >= 0.3 is 6.03 Å². The molecule has 37 heavy (non-hydrogen) atoms. The summed E-state index contributed by atoms with van der Waals surface area (Å²) in [5.74, 6) is 1.25. The standard InChI is InChI=1S/C29H31ClN4O3/c1-4-33-27(32-26-19-22(30)11-16-25(26)28(33)35)20(3)34(18-17-21-9-7-6-8-10-21)29(36)31-23-12-14-24(15-13-23)37-5-2/h6-16,19-20H,4-5,17-18H2,1-3H3,(H,31,36). The lowest BCUT2D eigenvalue weighted by Crippen LogP contribution is -2.41. The average molecular weight is 519 g/mol. The zero-order chi connectivity index (χ0) is 26.4. The van der Waals surface area contributed by atoms with E-state index in [0.717, 1.165) is 11.3 Å². The quantitative estimate of drug-likeness (QED) is 0.282. The van der Waals surface area contributed by atoms with Gasteiger partial charge in [-0.25, -0.2) is 9.78 Å². The second-order valence-corrected chi connectivity index (χ2v) is 9.11. The number of benzene rings is 3. The highest BCUT2D eigenvalue weighted by molar-refractivity contribution is 6.31. The van der Waals surface area contributed by atoms with E-state index in [1.165, 1.54) is 0 Å². The summed E-state index contributed by atoms with van der Waals surface area (Å²) in [4.78, 5) is 33.4. The Morgan fingerprint density at radius 3 is 2.49 bits per heavy atom. The maximum atomic E-state index is 13.6. The Morgan fingerprint density at radius 1 is 1.08 bits per heavy atom. The van der Waals surface area contributed by atoms with Gasteiger partial charge < -0.3 is 15.0 Å². The second-order valence-electron chi connectivity index (χ2n) is 8.67. The summed E-state index contributed by atoms with van der Waals surface area (Å²) in [6.45, 7) is 7.15. The molecule has 4 aromatic rings. The molecular formula is C29H31ClN4O3. The third-order valence-electron chi connectivity index (χ3n) is 6.27. The monoisotopic (exact) mass is 518 g/mol. The summed E-state index contributed by atoms with van der Waals surface area (Å²) in [6.07, 6.45) is 0.650. The third-order valence-corrected chi connectivity index (χ3v) is 6.50. The first-order chi connectivity index (χ1) is 17.9. The number of rotatable bonds is 9. The van der Waals surface area contributed by atoms with Crippen molar-refractivity contribution in [2.45, 2.75) is 39.8 Å². The van der Waals surface area contributed by atoms with Crippen molar-refractivity contribution in [3.05, 3.63) is 99.6 Å². The predicted molar refractivity (Wildman–Crippen MR) is 149 cm³/mol. The van der Waals surface area contributed by atoms with Gasteiger partial charge in [0.2, 0.25) is 0 Å². The van der Waals surface area contributed by atoms with Crippen LogP contribution in [0.5, 0.6) is 5.75 Å². The van der Waals surface area contributed by atoms with Gasteiger partial charge in [0.05, 0.1) is 23.6 Å². The number of carbonyl (C=O) groups is 1. The van der Waals surface area contributed by atoms with Crippen LogP contribution in [-0.4, -0.2) is 33.6 Å². The fraction of sp³-hybridized carbons (Fsp3) is 0.276. The van der Waals surface area contributed by atoms with Crippen LogP contribution in [0.4, 0.5) is 10.5 Å². The van der Waals surface area contributed by atoms with E-state index >= 15 is 0 Å². The van der Waals surface area contributed by atoms with Crippen LogP contribution >= 0.6 is 11.6 Å².